The molecule has 0 saturated heterocycles. The van der Waals surface area contributed by atoms with Crippen molar-refractivity contribution in [3.05, 3.63) is 0 Å². The lowest BCUT2D eigenvalue weighted by atomic mass is 10.4. The van der Waals surface area contributed by atoms with Crippen LogP contribution in [0, 0.1) is 0 Å². The van der Waals surface area contributed by atoms with Gasteiger partial charge in [-0.05, 0) is 25.8 Å². The van der Waals surface area contributed by atoms with Gasteiger partial charge in [0.2, 0.25) is 0 Å². The first-order valence-corrected chi connectivity index (χ1v) is 5.82. The Labute approximate surface area is 87.8 Å². The lowest BCUT2D eigenvalue weighted by Crippen LogP contribution is -2.36. The maximum Gasteiger partial charge on any atom is 0.0589 e. The Morgan fingerprint density at radius 2 is 2.07 bits per heavy atom. The summed E-state index contributed by atoms with van der Waals surface area (Å²) < 4.78 is 5.12. The van der Waals surface area contributed by atoms with Crippen molar-refractivity contribution in [2.24, 2.45) is 0 Å². The number of ether oxygens (including phenoxy) is 1. The average molecular weight is 200 g/mol. The van der Waals surface area contributed by atoms with Crippen molar-refractivity contribution in [1.82, 2.24) is 10.2 Å². The van der Waals surface area contributed by atoms with E-state index in [2.05, 4.69) is 17.1 Å². The number of nitrogens with zero attached hydrogens (tertiary/aromatic N) is 1. The Bertz CT molecular complexity index is 137. The molecule has 0 atom stereocenters. The summed E-state index contributed by atoms with van der Waals surface area (Å²) in [6, 6.07) is 0.855. The van der Waals surface area contributed by atoms with Crippen LogP contribution in [0.1, 0.15) is 26.2 Å². The molecule has 0 heterocycles. The molecule has 0 spiro atoms. The normalized spacial score (nSPS) is 16.5. The molecule has 3 heteroatoms. The third-order valence-corrected chi connectivity index (χ3v) is 2.65. The quantitative estimate of drug-likeness (QED) is 0.564. The fraction of sp³-hybridized carbons (Fsp3) is 1.00. The maximum atomic E-state index is 5.12. The molecule has 0 aromatic heterocycles. The van der Waals surface area contributed by atoms with E-state index in [9.17, 15) is 0 Å². The molecule has 1 N–H and O–H groups in total. The maximum absolute atomic E-state index is 5.12. The molecular weight excluding hydrogens is 176 g/mol. The monoisotopic (exact) mass is 200 g/mol. The van der Waals surface area contributed by atoms with Crippen LogP contribution in [-0.2, 0) is 4.74 Å². The average Bonchev–Trinajstić information content (AvgIpc) is 3.00. The summed E-state index contributed by atoms with van der Waals surface area (Å²) in [7, 11) is 1.78. The van der Waals surface area contributed by atoms with Gasteiger partial charge in [-0.2, -0.15) is 0 Å². The van der Waals surface area contributed by atoms with Crippen LogP contribution in [0.25, 0.3) is 0 Å². The lowest BCUT2D eigenvalue weighted by Gasteiger charge is -2.21. The zero-order chi connectivity index (χ0) is 10.2. The highest BCUT2D eigenvalue weighted by molar-refractivity contribution is 4.84. The summed E-state index contributed by atoms with van der Waals surface area (Å²) in [4.78, 5) is 2.55. The van der Waals surface area contributed by atoms with E-state index in [0.29, 0.717) is 0 Å². The zero-order valence-electron chi connectivity index (χ0n) is 9.59. The number of hydrogen-bond donors (Lipinski definition) is 1. The van der Waals surface area contributed by atoms with E-state index in [4.69, 9.17) is 4.74 Å². The summed E-state index contributed by atoms with van der Waals surface area (Å²) in [6.07, 6.45) is 4.00. The summed E-state index contributed by atoms with van der Waals surface area (Å²) in [5.41, 5.74) is 0. The Hall–Kier alpha value is -0.120. The Kier molecular flexibility index (Phi) is 6.15. The predicted octanol–water partition coefficient (Wildman–Crippen LogP) is 1.10. The minimum Gasteiger partial charge on any atom is -0.383 e. The summed E-state index contributed by atoms with van der Waals surface area (Å²) in [5.74, 6) is 0. The first-order chi connectivity index (χ1) is 6.88. The summed E-state index contributed by atoms with van der Waals surface area (Å²) in [5, 5.41) is 3.44. The third-order valence-electron chi connectivity index (χ3n) is 2.65. The number of rotatable bonds is 9. The molecule has 1 fully saturated rings. The molecule has 1 rings (SSSR count). The zero-order valence-corrected chi connectivity index (χ0v) is 9.59. The van der Waals surface area contributed by atoms with E-state index < -0.39 is 0 Å². The Morgan fingerprint density at radius 3 is 2.64 bits per heavy atom. The Morgan fingerprint density at radius 1 is 1.29 bits per heavy atom. The Balaban J connectivity index is 2.02. The van der Waals surface area contributed by atoms with E-state index in [1.54, 1.807) is 7.11 Å². The van der Waals surface area contributed by atoms with Gasteiger partial charge >= 0.3 is 0 Å². The molecule has 0 aromatic rings. The van der Waals surface area contributed by atoms with Gasteiger partial charge in [0, 0.05) is 32.8 Å². The molecule has 3 nitrogen and oxygen atoms in total. The van der Waals surface area contributed by atoms with Gasteiger partial charge in [0.05, 0.1) is 6.61 Å². The molecule has 1 aliphatic carbocycles. The van der Waals surface area contributed by atoms with E-state index >= 15 is 0 Å². The van der Waals surface area contributed by atoms with Crippen molar-refractivity contribution >= 4 is 0 Å². The summed E-state index contributed by atoms with van der Waals surface area (Å²) >= 11 is 0. The minimum absolute atomic E-state index is 0.855. The van der Waals surface area contributed by atoms with Gasteiger partial charge in [-0.3, -0.25) is 4.90 Å². The van der Waals surface area contributed by atoms with Crippen LogP contribution < -0.4 is 5.32 Å². The molecule has 0 aromatic carbocycles. The van der Waals surface area contributed by atoms with Crippen molar-refractivity contribution in [2.75, 3.05) is 39.9 Å². The second-order valence-electron chi connectivity index (χ2n) is 4.01. The van der Waals surface area contributed by atoms with Gasteiger partial charge in [-0.25, -0.2) is 0 Å². The smallest absolute Gasteiger partial charge is 0.0589 e. The fourth-order valence-electron chi connectivity index (χ4n) is 1.65. The number of nitrogens with one attached hydrogen (secondary N) is 1. The topological polar surface area (TPSA) is 24.5 Å². The molecule has 0 amide bonds. The molecule has 14 heavy (non-hydrogen) atoms. The van der Waals surface area contributed by atoms with E-state index in [0.717, 1.165) is 32.3 Å². The SMILES string of the molecule is CCCNCCN(CCOC)C1CC1. The van der Waals surface area contributed by atoms with Crippen molar-refractivity contribution in [1.29, 1.82) is 0 Å². The van der Waals surface area contributed by atoms with Gasteiger partial charge < -0.3 is 10.1 Å². The molecule has 0 unspecified atom stereocenters. The molecule has 0 aliphatic heterocycles. The van der Waals surface area contributed by atoms with Crippen LogP contribution >= 0.6 is 0 Å². The molecular formula is C11H24N2O. The van der Waals surface area contributed by atoms with Crippen LogP contribution in [0.3, 0.4) is 0 Å². The van der Waals surface area contributed by atoms with Gasteiger partial charge in [0.25, 0.3) is 0 Å². The van der Waals surface area contributed by atoms with Gasteiger partial charge in [-0.1, -0.05) is 6.92 Å². The molecule has 84 valence electrons. The fourth-order valence-corrected chi connectivity index (χ4v) is 1.65. The highest BCUT2D eigenvalue weighted by Gasteiger charge is 2.27. The number of hydrogen-bond acceptors (Lipinski definition) is 3. The van der Waals surface area contributed by atoms with E-state index in [1.165, 1.54) is 25.8 Å². The predicted molar refractivity (Wildman–Crippen MR) is 59.6 cm³/mol. The van der Waals surface area contributed by atoms with Gasteiger partial charge in [0.1, 0.15) is 0 Å². The molecule has 0 radical (unpaired) electrons. The highest BCUT2D eigenvalue weighted by Crippen LogP contribution is 2.25. The first-order valence-electron chi connectivity index (χ1n) is 5.82. The van der Waals surface area contributed by atoms with Gasteiger partial charge in [0.15, 0.2) is 0 Å². The number of methoxy groups -OCH3 is 1. The van der Waals surface area contributed by atoms with Crippen LogP contribution in [0.4, 0.5) is 0 Å². The lowest BCUT2D eigenvalue weighted by molar-refractivity contribution is 0.144. The van der Waals surface area contributed by atoms with Gasteiger partial charge in [-0.15, -0.1) is 0 Å². The largest absolute Gasteiger partial charge is 0.383 e. The summed E-state index contributed by atoms with van der Waals surface area (Å²) in [6.45, 7) is 7.60. The standard InChI is InChI=1S/C11H24N2O/c1-3-6-12-7-8-13(9-10-14-2)11-4-5-11/h11-12H,3-10H2,1-2H3. The second kappa shape index (κ2) is 7.21. The van der Waals surface area contributed by atoms with Crippen molar-refractivity contribution in [3.63, 3.8) is 0 Å². The highest BCUT2D eigenvalue weighted by atomic mass is 16.5. The van der Waals surface area contributed by atoms with E-state index in [-0.39, 0.29) is 0 Å². The van der Waals surface area contributed by atoms with Crippen molar-refractivity contribution in [2.45, 2.75) is 32.2 Å². The van der Waals surface area contributed by atoms with Crippen LogP contribution in [0.2, 0.25) is 0 Å². The molecule has 1 saturated carbocycles. The van der Waals surface area contributed by atoms with Crippen LogP contribution in [0.15, 0.2) is 0 Å². The second-order valence-corrected chi connectivity index (χ2v) is 4.01. The molecule has 1 aliphatic rings. The van der Waals surface area contributed by atoms with Crippen molar-refractivity contribution in [3.8, 4) is 0 Å². The third kappa shape index (κ3) is 4.94. The van der Waals surface area contributed by atoms with Crippen LogP contribution in [-0.4, -0.2) is 50.8 Å². The first kappa shape index (κ1) is 12.0. The van der Waals surface area contributed by atoms with E-state index in [1.807, 2.05) is 0 Å². The van der Waals surface area contributed by atoms with Crippen molar-refractivity contribution < 1.29 is 4.74 Å². The molecule has 0 bridgehead atoms. The van der Waals surface area contributed by atoms with Crippen LogP contribution in [0.5, 0.6) is 0 Å². The minimum atomic E-state index is 0.855.